The van der Waals surface area contributed by atoms with Gasteiger partial charge in [0.2, 0.25) is 0 Å². The number of benzene rings is 3. The molecule has 0 saturated carbocycles. The molecule has 1 amide bonds. The summed E-state index contributed by atoms with van der Waals surface area (Å²) >= 11 is 3.38. The van der Waals surface area contributed by atoms with Crippen LogP contribution in [-0.2, 0) is 4.79 Å². The van der Waals surface area contributed by atoms with Gasteiger partial charge in [-0.3, -0.25) is 4.79 Å². The fraction of sp³-hybridized carbons (Fsp3) is 0.0500. The predicted octanol–water partition coefficient (Wildman–Crippen LogP) is 4.60. The Morgan fingerprint density at radius 1 is 1.08 bits per heavy atom. The van der Waals surface area contributed by atoms with E-state index < -0.39 is 0 Å². The van der Waals surface area contributed by atoms with Crippen LogP contribution in [0.25, 0.3) is 10.8 Å². The van der Waals surface area contributed by atoms with Crippen LogP contribution < -0.4 is 10.1 Å². The minimum absolute atomic E-state index is 0.390. The smallest absolute Gasteiger partial charge is 0.300 e. The molecule has 0 unspecified atom stereocenters. The van der Waals surface area contributed by atoms with Gasteiger partial charge in [0.25, 0.3) is 0 Å². The van der Waals surface area contributed by atoms with Gasteiger partial charge in [-0.15, -0.1) is 0 Å². The van der Waals surface area contributed by atoms with Crippen molar-refractivity contribution in [2.75, 3.05) is 12.4 Å². The lowest BCUT2D eigenvalue weighted by Crippen LogP contribution is -2.09. The first kappa shape index (κ1) is 16.1. The number of rotatable bonds is 2. The number of hydrogen-bond donors (Lipinski definition) is 1. The number of carbonyl (C=O) groups excluding carboxylic acids is 1. The predicted molar refractivity (Wildman–Crippen MR) is 100 cm³/mol. The van der Waals surface area contributed by atoms with Crippen molar-refractivity contribution in [3.63, 3.8) is 0 Å². The minimum Gasteiger partial charge on any atom is -0.495 e. The number of carbonyl (C=O) groups is 1. The average Bonchev–Trinajstić information content (AvgIpc) is 2.60. The van der Waals surface area contributed by atoms with E-state index in [4.69, 9.17) is 4.74 Å². The number of fused-ring (bicyclic) bond motifs is 1. The zero-order chi connectivity index (χ0) is 16.9. The Hall–Kier alpha value is -2.77. The summed E-state index contributed by atoms with van der Waals surface area (Å²) in [5.74, 6) is 5.78. The zero-order valence-corrected chi connectivity index (χ0v) is 14.6. The Bertz CT molecular complexity index is 965. The molecule has 0 radical (unpaired) electrons. The van der Waals surface area contributed by atoms with Gasteiger partial charge < -0.3 is 10.1 Å². The molecule has 0 spiro atoms. The largest absolute Gasteiger partial charge is 0.495 e. The number of ether oxygens (including phenoxy) is 1. The highest BCUT2D eigenvalue weighted by atomic mass is 79.9. The summed E-state index contributed by atoms with van der Waals surface area (Å²) in [6, 6.07) is 19.2. The fourth-order valence-corrected chi connectivity index (χ4v) is 2.75. The molecule has 3 nitrogen and oxygen atoms in total. The Morgan fingerprint density at radius 3 is 2.71 bits per heavy atom. The van der Waals surface area contributed by atoms with Crippen LogP contribution in [0.2, 0.25) is 0 Å². The second-order valence-electron chi connectivity index (χ2n) is 5.08. The van der Waals surface area contributed by atoms with E-state index in [1.807, 2.05) is 48.5 Å². The molecule has 3 rings (SSSR count). The van der Waals surface area contributed by atoms with Crippen LogP contribution >= 0.6 is 15.9 Å². The summed E-state index contributed by atoms with van der Waals surface area (Å²) in [7, 11) is 1.56. The number of methoxy groups -OCH3 is 1. The van der Waals surface area contributed by atoms with Crippen LogP contribution in [0.15, 0.2) is 65.1 Å². The normalized spacial score (nSPS) is 9.92. The van der Waals surface area contributed by atoms with Crippen molar-refractivity contribution < 1.29 is 9.53 Å². The molecular formula is C20H14BrNO2. The van der Waals surface area contributed by atoms with Crippen LogP contribution in [0.1, 0.15) is 5.56 Å². The quantitative estimate of drug-likeness (QED) is 0.660. The molecule has 0 heterocycles. The van der Waals surface area contributed by atoms with Crippen molar-refractivity contribution in [3.8, 4) is 17.6 Å². The summed E-state index contributed by atoms with van der Waals surface area (Å²) in [6.45, 7) is 0. The van der Waals surface area contributed by atoms with Gasteiger partial charge in [0.15, 0.2) is 0 Å². The van der Waals surface area contributed by atoms with Gasteiger partial charge in [0, 0.05) is 16.0 Å². The van der Waals surface area contributed by atoms with Gasteiger partial charge in [-0.2, -0.15) is 0 Å². The molecule has 3 aromatic carbocycles. The van der Waals surface area contributed by atoms with Crippen molar-refractivity contribution in [2.45, 2.75) is 0 Å². The first-order chi connectivity index (χ1) is 11.7. The molecular weight excluding hydrogens is 366 g/mol. The molecule has 4 heteroatoms. The van der Waals surface area contributed by atoms with Crippen LogP contribution in [0.4, 0.5) is 5.69 Å². The highest BCUT2D eigenvalue weighted by Crippen LogP contribution is 2.27. The minimum atomic E-state index is -0.390. The van der Waals surface area contributed by atoms with E-state index >= 15 is 0 Å². The summed E-state index contributed by atoms with van der Waals surface area (Å²) in [6.07, 6.45) is 0. The Morgan fingerprint density at radius 2 is 1.88 bits per heavy atom. The van der Waals surface area contributed by atoms with E-state index in [0.717, 1.165) is 20.8 Å². The van der Waals surface area contributed by atoms with Crippen LogP contribution in [0.3, 0.4) is 0 Å². The average molecular weight is 380 g/mol. The van der Waals surface area contributed by atoms with E-state index in [9.17, 15) is 4.79 Å². The second-order valence-corrected chi connectivity index (χ2v) is 5.99. The number of amides is 1. The van der Waals surface area contributed by atoms with Gasteiger partial charge in [-0.25, -0.2) is 0 Å². The van der Waals surface area contributed by atoms with Gasteiger partial charge >= 0.3 is 5.91 Å². The molecule has 0 saturated heterocycles. The standard InChI is InChI=1S/C20H14BrNO2/c1-24-19-11-10-16(21)13-18(19)22-20(23)12-9-15-7-4-6-14-5-2-3-8-17(14)15/h2-8,10-11,13H,1H3,(H,22,23). The Labute approximate surface area is 148 Å². The summed E-state index contributed by atoms with van der Waals surface area (Å²) in [4.78, 5) is 12.1. The van der Waals surface area contributed by atoms with E-state index in [1.54, 1.807) is 19.2 Å². The maximum absolute atomic E-state index is 12.1. The lowest BCUT2D eigenvalue weighted by atomic mass is 10.1. The van der Waals surface area contributed by atoms with E-state index in [-0.39, 0.29) is 5.91 Å². The SMILES string of the molecule is COc1ccc(Br)cc1NC(=O)C#Cc1cccc2ccccc12. The maximum atomic E-state index is 12.1. The lowest BCUT2D eigenvalue weighted by molar-refractivity contribution is -0.111. The van der Waals surface area contributed by atoms with Gasteiger partial charge in [-0.05, 0) is 35.0 Å². The second kappa shape index (κ2) is 7.20. The first-order valence-corrected chi connectivity index (χ1v) is 8.11. The van der Waals surface area contributed by atoms with Crippen LogP contribution in [0.5, 0.6) is 5.75 Å². The third-order valence-electron chi connectivity index (χ3n) is 3.51. The molecule has 0 aliphatic heterocycles. The van der Waals surface area contributed by atoms with Crippen LogP contribution in [0, 0.1) is 11.8 Å². The van der Waals surface area contributed by atoms with Crippen LogP contribution in [-0.4, -0.2) is 13.0 Å². The van der Waals surface area contributed by atoms with E-state index in [1.165, 1.54) is 0 Å². The topological polar surface area (TPSA) is 38.3 Å². The molecule has 24 heavy (non-hydrogen) atoms. The molecule has 0 aliphatic rings. The van der Waals surface area contributed by atoms with Gasteiger partial charge in [0.1, 0.15) is 5.75 Å². The summed E-state index contributed by atoms with van der Waals surface area (Å²) in [5, 5.41) is 4.88. The third kappa shape index (κ3) is 3.58. The van der Waals surface area contributed by atoms with E-state index in [2.05, 4.69) is 33.1 Å². The lowest BCUT2D eigenvalue weighted by Gasteiger charge is -2.08. The molecule has 0 aromatic heterocycles. The first-order valence-electron chi connectivity index (χ1n) is 7.31. The molecule has 118 valence electrons. The van der Waals surface area contributed by atoms with Crippen molar-refractivity contribution in [3.05, 3.63) is 70.7 Å². The summed E-state index contributed by atoms with van der Waals surface area (Å²) < 4.78 is 6.09. The Balaban J connectivity index is 1.86. The molecule has 3 aromatic rings. The number of hydrogen-bond acceptors (Lipinski definition) is 2. The Kier molecular flexibility index (Phi) is 4.83. The highest BCUT2D eigenvalue weighted by Gasteiger charge is 2.06. The maximum Gasteiger partial charge on any atom is 0.300 e. The van der Waals surface area contributed by atoms with Gasteiger partial charge in [0.05, 0.1) is 12.8 Å². The van der Waals surface area contributed by atoms with E-state index in [0.29, 0.717) is 11.4 Å². The molecule has 1 N–H and O–H groups in total. The summed E-state index contributed by atoms with van der Waals surface area (Å²) in [5.41, 5.74) is 1.40. The van der Waals surface area contributed by atoms with Crippen molar-refractivity contribution in [1.82, 2.24) is 0 Å². The monoisotopic (exact) mass is 379 g/mol. The molecule has 0 aliphatic carbocycles. The van der Waals surface area contributed by atoms with Gasteiger partial charge in [-0.1, -0.05) is 58.2 Å². The zero-order valence-electron chi connectivity index (χ0n) is 13.0. The molecule has 0 bridgehead atoms. The van der Waals surface area contributed by atoms with Crippen molar-refractivity contribution in [2.24, 2.45) is 0 Å². The molecule has 0 fully saturated rings. The third-order valence-corrected chi connectivity index (χ3v) is 4.00. The number of nitrogens with one attached hydrogen (secondary N) is 1. The van der Waals surface area contributed by atoms with Crippen molar-refractivity contribution in [1.29, 1.82) is 0 Å². The number of halogens is 1. The highest BCUT2D eigenvalue weighted by molar-refractivity contribution is 9.10. The molecule has 0 atom stereocenters. The number of anilines is 1. The van der Waals surface area contributed by atoms with Crippen molar-refractivity contribution >= 4 is 38.3 Å². The fourth-order valence-electron chi connectivity index (χ4n) is 2.39.